The Balaban J connectivity index is 1.77. The Bertz CT molecular complexity index is 618. The van der Waals surface area contributed by atoms with Crippen molar-refractivity contribution in [2.24, 2.45) is 0 Å². The molecule has 0 aliphatic carbocycles. The van der Waals surface area contributed by atoms with Crippen LogP contribution in [0.15, 0.2) is 29.8 Å². The van der Waals surface area contributed by atoms with Crippen LogP contribution in [0.5, 0.6) is 0 Å². The highest BCUT2D eigenvalue weighted by molar-refractivity contribution is 7.13. The molecule has 3 rings (SSSR count). The molecule has 1 aliphatic heterocycles. The number of nitrogens with one attached hydrogen (secondary N) is 2. The first-order valence-electron chi connectivity index (χ1n) is 7.76. The van der Waals surface area contributed by atoms with Gasteiger partial charge < -0.3 is 10.6 Å². The number of hydrogen-bond donors (Lipinski definition) is 2. The summed E-state index contributed by atoms with van der Waals surface area (Å²) in [5.74, 6) is 0.726. The number of aromatic nitrogens is 2. The SMILES string of the molecule is CC1(C)CC(Nc2nccc(-c3cccs3)n2)CC(C)(C)N1. The van der Waals surface area contributed by atoms with Crippen molar-refractivity contribution in [3.05, 3.63) is 29.8 Å². The maximum absolute atomic E-state index is 4.67. The first kappa shape index (κ1) is 15.4. The third kappa shape index (κ3) is 3.65. The standard InChI is InChI=1S/C17H24N4S/c1-16(2)10-12(11-17(3,4)21-16)19-15-18-8-7-13(20-15)14-6-5-9-22-14/h5-9,12,21H,10-11H2,1-4H3,(H,18,19,20). The molecule has 118 valence electrons. The van der Waals surface area contributed by atoms with Crippen molar-refractivity contribution in [1.29, 1.82) is 0 Å². The quantitative estimate of drug-likeness (QED) is 0.901. The van der Waals surface area contributed by atoms with Gasteiger partial charge in [0.1, 0.15) is 0 Å². The van der Waals surface area contributed by atoms with Gasteiger partial charge in [-0.2, -0.15) is 0 Å². The molecule has 1 aliphatic rings. The highest BCUT2D eigenvalue weighted by Crippen LogP contribution is 2.30. The van der Waals surface area contributed by atoms with Crippen LogP contribution in [0, 0.1) is 0 Å². The van der Waals surface area contributed by atoms with Crippen LogP contribution in [0.3, 0.4) is 0 Å². The van der Waals surface area contributed by atoms with E-state index in [0.717, 1.165) is 24.5 Å². The van der Waals surface area contributed by atoms with Gasteiger partial charge in [0.2, 0.25) is 5.95 Å². The molecule has 4 nitrogen and oxygen atoms in total. The number of hydrogen-bond acceptors (Lipinski definition) is 5. The molecule has 2 aromatic heterocycles. The molecule has 2 N–H and O–H groups in total. The third-order valence-corrected chi connectivity index (χ3v) is 4.84. The van der Waals surface area contributed by atoms with Gasteiger partial charge in [0.05, 0.1) is 10.6 Å². The molecule has 22 heavy (non-hydrogen) atoms. The maximum atomic E-state index is 4.67. The Kier molecular flexibility index (Phi) is 3.95. The van der Waals surface area contributed by atoms with E-state index in [1.807, 2.05) is 18.3 Å². The zero-order valence-electron chi connectivity index (χ0n) is 13.7. The largest absolute Gasteiger partial charge is 0.351 e. The summed E-state index contributed by atoms with van der Waals surface area (Å²) in [6.07, 6.45) is 3.95. The first-order valence-corrected chi connectivity index (χ1v) is 8.64. The maximum Gasteiger partial charge on any atom is 0.223 e. The van der Waals surface area contributed by atoms with Crippen molar-refractivity contribution in [2.45, 2.75) is 57.7 Å². The summed E-state index contributed by atoms with van der Waals surface area (Å²) in [6.45, 7) is 9.02. The van der Waals surface area contributed by atoms with E-state index < -0.39 is 0 Å². The van der Waals surface area contributed by atoms with Gasteiger partial charge in [-0.05, 0) is 58.0 Å². The van der Waals surface area contributed by atoms with Gasteiger partial charge in [0, 0.05) is 23.3 Å². The number of piperidine rings is 1. The van der Waals surface area contributed by atoms with E-state index in [0.29, 0.717) is 6.04 Å². The lowest BCUT2D eigenvalue weighted by Gasteiger charge is -2.46. The molecular formula is C17H24N4S. The summed E-state index contributed by atoms with van der Waals surface area (Å²) in [5.41, 5.74) is 1.22. The van der Waals surface area contributed by atoms with Crippen molar-refractivity contribution in [3.8, 4) is 10.6 Å². The van der Waals surface area contributed by atoms with Crippen LogP contribution in [0.4, 0.5) is 5.95 Å². The lowest BCUT2D eigenvalue weighted by molar-refractivity contribution is 0.170. The van der Waals surface area contributed by atoms with Gasteiger partial charge in [0.25, 0.3) is 0 Å². The average molecular weight is 316 g/mol. The second-order valence-electron chi connectivity index (χ2n) is 7.39. The summed E-state index contributed by atoms with van der Waals surface area (Å²) in [7, 11) is 0. The van der Waals surface area contributed by atoms with E-state index in [9.17, 15) is 0 Å². The van der Waals surface area contributed by atoms with Crippen LogP contribution in [0.25, 0.3) is 10.6 Å². The number of nitrogens with zero attached hydrogens (tertiary/aromatic N) is 2. The van der Waals surface area contributed by atoms with Crippen LogP contribution < -0.4 is 10.6 Å². The van der Waals surface area contributed by atoms with Gasteiger partial charge >= 0.3 is 0 Å². The molecule has 1 fully saturated rings. The molecule has 0 radical (unpaired) electrons. The van der Waals surface area contributed by atoms with Gasteiger partial charge in [0.15, 0.2) is 0 Å². The molecule has 0 saturated carbocycles. The van der Waals surface area contributed by atoms with Crippen LogP contribution in [0.1, 0.15) is 40.5 Å². The molecule has 0 amide bonds. The van der Waals surface area contributed by atoms with Gasteiger partial charge in [-0.15, -0.1) is 11.3 Å². The van der Waals surface area contributed by atoms with E-state index in [4.69, 9.17) is 0 Å². The zero-order chi connectivity index (χ0) is 15.8. The fourth-order valence-corrected chi connectivity index (χ4v) is 4.29. The first-order chi connectivity index (χ1) is 10.3. The molecule has 5 heteroatoms. The smallest absolute Gasteiger partial charge is 0.223 e. The highest BCUT2D eigenvalue weighted by Gasteiger charge is 2.37. The minimum absolute atomic E-state index is 0.116. The highest BCUT2D eigenvalue weighted by atomic mass is 32.1. The fourth-order valence-electron chi connectivity index (χ4n) is 3.60. The van der Waals surface area contributed by atoms with Gasteiger partial charge in [-0.3, -0.25) is 0 Å². The molecule has 3 heterocycles. The number of thiophene rings is 1. The number of rotatable bonds is 3. The molecule has 0 aromatic carbocycles. The van der Waals surface area contributed by atoms with E-state index in [2.05, 4.69) is 59.7 Å². The summed E-state index contributed by atoms with van der Waals surface area (Å²) in [5, 5.41) is 9.31. The van der Waals surface area contributed by atoms with Crippen LogP contribution >= 0.6 is 11.3 Å². The molecule has 0 spiro atoms. The van der Waals surface area contributed by atoms with Crippen molar-refractivity contribution < 1.29 is 0 Å². The normalized spacial score (nSPS) is 20.7. The number of anilines is 1. The predicted octanol–water partition coefficient (Wildman–Crippen LogP) is 3.93. The summed E-state index contributed by atoms with van der Waals surface area (Å²) < 4.78 is 0. The Morgan fingerprint density at radius 3 is 2.55 bits per heavy atom. The Morgan fingerprint density at radius 1 is 1.18 bits per heavy atom. The second kappa shape index (κ2) is 5.63. The predicted molar refractivity (Wildman–Crippen MR) is 93.3 cm³/mol. The van der Waals surface area contributed by atoms with Crippen molar-refractivity contribution in [2.75, 3.05) is 5.32 Å². The minimum Gasteiger partial charge on any atom is -0.351 e. The van der Waals surface area contributed by atoms with Crippen LogP contribution in [0.2, 0.25) is 0 Å². The monoisotopic (exact) mass is 316 g/mol. The van der Waals surface area contributed by atoms with Crippen molar-refractivity contribution >= 4 is 17.3 Å². The lowest BCUT2D eigenvalue weighted by Crippen LogP contribution is -2.60. The van der Waals surface area contributed by atoms with Crippen LogP contribution in [-0.4, -0.2) is 27.1 Å². The van der Waals surface area contributed by atoms with Gasteiger partial charge in [-0.25, -0.2) is 9.97 Å². The second-order valence-corrected chi connectivity index (χ2v) is 8.33. The Hall–Kier alpha value is -1.46. The summed E-state index contributed by atoms with van der Waals surface area (Å²) in [4.78, 5) is 10.3. The molecular weight excluding hydrogens is 292 g/mol. The lowest BCUT2D eigenvalue weighted by atomic mass is 9.80. The van der Waals surface area contributed by atoms with Crippen LogP contribution in [-0.2, 0) is 0 Å². The topological polar surface area (TPSA) is 49.8 Å². The van der Waals surface area contributed by atoms with Crippen molar-refractivity contribution in [3.63, 3.8) is 0 Å². The van der Waals surface area contributed by atoms with E-state index in [-0.39, 0.29) is 11.1 Å². The third-order valence-electron chi connectivity index (χ3n) is 3.95. The molecule has 0 atom stereocenters. The Labute approximate surface area is 136 Å². The fraction of sp³-hybridized carbons (Fsp3) is 0.529. The molecule has 0 unspecified atom stereocenters. The van der Waals surface area contributed by atoms with Gasteiger partial charge in [-0.1, -0.05) is 6.07 Å². The van der Waals surface area contributed by atoms with E-state index in [1.165, 1.54) is 4.88 Å². The summed E-state index contributed by atoms with van der Waals surface area (Å²) >= 11 is 1.70. The zero-order valence-corrected chi connectivity index (χ0v) is 14.5. The minimum atomic E-state index is 0.116. The van der Waals surface area contributed by atoms with Crippen molar-refractivity contribution in [1.82, 2.24) is 15.3 Å². The Morgan fingerprint density at radius 2 is 1.91 bits per heavy atom. The average Bonchev–Trinajstić information content (AvgIpc) is 2.88. The van der Waals surface area contributed by atoms with E-state index in [1.54, 1.807) is 11.3 Å². The van der Waals surface area contributed by atoms with E-state index >= 15 is 0 Å². The molecule has 0 bridgehead atoms. The molecule has 2 aromatic rings. The molecule has 1 saturated heterocycles. The summed E-state index contributed by atoms with van der Waals surface area (Å²) in [6, 6.07) is 6.48.